The van der Waals surface area contributed by atoms with Gasteiger partial charge < -0.3 is 20.6 Å². The number of anilines is 2. The van der Waals surface area contributed by atoms with E-state index in [1.54, 1.807) is 6.20 Å². The van der Waals surface area contributed by atoms with Gasteiger partial charge in [0.25, 0.3) is 0 Å². The highest BCUT2D eigenvalue weighted by molar-refractivity contribution is 9.10. The molecule has 1 aromatic rings. The molecular formula is C12H19BrN4O. The summed E-state index contributed by atoms with van der Waals surface area (Å²) in [4.78, 5) is 8.60. The monoisotopic (exact) mass is 314 g/mol. The van der Waals surface area contributed by atoms with E-state index in [0.29, 0.717) is 12.2 Å². The van der Waals surface area contributed by atoms with Crippen molar-refractivity contribution >= 4 is 27.4 Å². The summed E-state index contributed by atoms with van der Waals surface area (Å²) in [6.45, 7) is 1.48. The van der Waals surface area contributed by atoms with Crippen molar-refractivity contribution in [2.24, 2.45) is 0 Å². The second-order valence-electron chi connectivity index (χ2n) is 5.02. The second kappa shape index (κ2) is 5.42. The van der Waals surface area contributed by atoms with E-state index < -0.39 is 0 Å². The van der Waals surface area contributed by atoms with Crippen molar-refractivity contribution in [2.45, 2.75) is 18.6 Å². The number of nitrogen functional groups attached to an aromatic ring is 1. The van der Waals surface area contributed by atoms with Crippen LogP contribution < -0.4 is 10.6 Å². The van der Waals surface area contributed by atoms with Gasteiger partial charge in [0.2, 0.25) is 0 Å². The van der Waals surface area contributed by atoms with Crippen LogP contribution in [0.4, 0.5) is 11.5 Å². The lowest BCUT2D eigenvalue weighted by atomic mass is 10.2. The molecule has 0 aromatic carbocycles. The number of nitrogens with two attached hydrogens (primary N) is 1. The van der Waals surface area contributed by atoms with Crippen LogP contribution in [0.2, 0.25) is 0 Å². The lowest BCUT2D eigenvalue weighted by Gasteiger charge is -2.28. The normalized spacial score (nSPS) is 23.9. The highest BCUT2D eigenvalue weighted by Crippen LogP contribution is 2.30. The number of rotatable bonds is 3. The Hall–Kier alpha value is -0.850. The van der Waals surface area contributed by atoms with Crippen LogP contribution in [0.3, 0.4) is 0 Å². The Morgan fingerprint density at radius 1 is 1.61 bits per heavy atom. The molecular weight excluding hydrogens is 296 g/mol. The lowest BCUT2D eigenvalue weighted by Crippen LogP contribution is -2.38. The van der Waals surface area contributed by atoms with E-state index in [1.165, 1.54) is 0 Å². The Balaban J connectivity index is 2.24. The molecule has 2 atom stereocenters. The summed E-state index contributed by atoms with van der Waals surface area (Å²) in [7, 11) is 4.06. The predicted molar refractivity (Wildman–Crippen MR) is 76.7 cm³/mol. The van der Waals surface area contributed by atoms with E-state index in [4.69, 9.17) is 5.73 Å². The molecule has 100 valence electrons. The molecule has 2 rings (SSSR count). The molecule has 6 heteroatoms. The van der Waals surface area contributed by atoms with Crippen molar-refractivity contribution in [3.05, 3.63) is 16.7 Å². The number of pyridine rings is 1. The van der Waals surface area contributed by atoms with Gasteiger partial charge in [-0.3, -0.25) is 0 Å². The highest BCUT2D eigenvalue weighted by atomic mass is 79.9. The molecule has 1 fully saturated rings. The number of likely N-dealkylation sites (N-methyl/N-ethyl adjacent to an activating group) is 1. The number of hydrogen-bond acceptors (Lipinski definition) is 5. The molecule has 1 aliphatic rings. The maximum atomic E-state index is 9.85. The first-order chi connectivity index (χ1) is 8.47. The van der Waals surface area contributed by atoms with E-state index >= 15 is 0 Å². The Morgan fingerprint density at radius 2 is 2.33 bits per heavy atom. The van der Waals surface area contributed by atoms with Crippen LogP contribution >= 0.6 is 15.9 Å². The molecule has 2 heterocycles. The molecule has 5 nitrogen and oxygen atoms in total. The van der Waals surface area contributed by atoms with E-state index in [2.05, 4.69) is 30.7 Å². The van der Waals surface area contributed by atoms with Gasteiger partial charge in [-0.2, -0.15) is 0 Å². The van der Waals surface area contributed by atoms with Crippen LogP contribution in [-0.4, -0.2) is 54.3 Å². The van der Waals surface area contributed by atoms with E-state index in [0.717, 1.165) is 23.3 Å². The number of hydrogen-bond donors (Lipinski definition) is 2. The van der Waals surface area contributed by atoms with E-state index in [1.807, 2.05) is 20.2 Å². The maximum absolute atomic E-state index is 9.85. The van der Waals surface area contributed by atoms with Crippen molar-refractivity contribution in [3.63, 3.8) is 0 Å². The zero-order valence-corrected chi connectivity index (χ0v) is 12.3. The Kier molecular flexibility index (Phi) is 4.09. The minimum absolute atomic E-state index is 0.256. The van der Waals surface area contributed by atoms with Gasteiger partial charge in [-0.25, -0.2) is 4.98 Å². The molecule has 1 aromatic heterocycles. The number of nitrogens with zero attached hydrogens (tertiary/aromatic N) is 3. The quantitative estimate of drug-likeness (QED) is 0.869. The number of β-amino-alcohol motifs (C(OH)–C–C–N with tert-alkyl or cyclic N) is 1. The van der Waals surface area contributed by atoms with Crippen LogP contribution in [0.5, 0.6) is 0 Å². The molecule has 0 spiro atoms. The number of aliphatic hydroxyl groups excluding tert-OH is 1. The first kappa shape index (κ1) is 13.6. The second-order valence-corrected chi connectivity index (χ2v) is 5.94. The summed E-state index contributed by atoms with van der Waals surface area (Å²) < 4.78 is 0.868. The molecule has 1 aliphatic heterocycles. The fourth-order valence-electron chi connectivity index (χ4n) is 2.43. The minimum Gasteiger partial charge on any atom is -0.396 e. The van der Waals surface area contributed by atoms with Crippen LogP contribution in [0.15, 0.2) is 16.7 Å². The third kappa shape index (κ3) is 2.93. The highest BCUT2D eigenvalue weighted by Gasteiger charge is 2.32. The van der Waals surface area contributed by atoms with E-state index in [9.17, 15) is 5.11 Å². The molecule has 0 amide bonds. The van der Waals surface area contributed by atoms with Gasteiger partial charge in [-0.05, 0) is 42.5 Å². The molecule has 18 heavy (non-hydrogen) atoms. The van der Waals surface area contributed by atoms with Gasteiger partial charge >= 0.3 is 0 Å². The van der Waals surface area contributed by atoms with Crippen molar-refractivity contribution in [1.29, 1.82) is 0 Å². The van der Waals surface area contributed by atoms with Crippen molar-refractivity contribution in [2.75, 3.05) is 37.8 Å². The lowest BCUT2D eigenvalue weighted by molar-refractivity contribution is 0.191. The van der Waals surface area contributed by atoms with Crippen LogP contribution in [0, 0.1) is 0 Å². The standard InChI is InChI=1S/C12H19BrN4O/c1-16(2)6-9-4-10(18)7-17(9)12-11(14)3-8(13)5-15-12/h3,5,9-10,18H,4,6-7,14H2,1-2H3. The summed E-state index contributed by atoms with van der Waals surface area (Å²) in [5.74, 6) is 0.765. The van der Waals surface area contributed by atoms with Crippen molar-refractivity contribution < 1.29 is 5.11 Å². The molecule has 1 saturated heterocycles. The fourth-order valence-corrected chi connectivity index (χ4v) is 2.78. The molecule has 0 radical (unpaired) electrons. The summed E-state index contributed by atoms with van der Waals surface area (Å²) in [6, 6.07) is 2.10. The molecule has 3 N–H and O–H groups in total. The fraction of sp³-hybridized carbons (Fsp3) is 0.583. The SMILES string of the molecule is CN(C)CC1CC(O)CN1c1ncc(Br)cc1N. The largest absolute Gasteiger partial charge is 0.396 e. The minimum atomic E-state index is -0.306. The van der Waals surface area contributed by atoms with Gasteiger partial charge in [0.05, 0.1) is 11.8 Å². The third-order valence-electron chi connectivity index (χ3n) is 3.10. The number of halogens is 1. The summed E-state index contributed by atoms with van der Waals surface area (Å²) >= 11 is 3.35. The van der Waals surface area contributed by atoms with E-state index in [-0.39, 0.29) is 12.1 Å². The van der Waals surface area contributed by atoms with Gasteiger partial charge in [-0.1, -0.05) is 0 Å². The smallest absolute Gasteiger partial charge is 0.152 e. The molecule has 0 saturated carbocycles. The molecule has 2 unspecified atom stereocenters. The Labute approximate surface area is 116 Å². The Morgan fingerprint density at radius 3 is 2.94 bits per heavy atom. The molecule has 0 aliphatic carbocycles. The number of aliphatic hydroxyl groups is 1. The van der Waals surface area contributed by atoms with Gasteiger partial charge in [0.15, 0.2) is 5.82 Å². The molecule has 0 bridgehead atoms. The van der Waals surface area contributed by atoms with Gasteiger partial charge in [-0.15, -0.1) is 0 Å². The average Bonchev–Trinajstić information content (AvgIpc) is 2.58. The summed E-state index contributed by atoms with van der Waals surface area (Å²) in [5, 5.41) is 9.85. The first-order valence-electron chi connectivity index (χ1n) is 5.98. The van der Waals surface area contributed by atoms with Crippen LogP contribution in [0.25, 0.3) is 0 Å². The van der Waals surface area contributed by atoms with Crippen LogP contribution in [-0.2, 0) is 0 Å². The zero-order chi connectivity index (χ0) is 13.3. The van der Waals surface area contributed by atoms with Crippen LogP contribution in [0.1, 0.15) is 6.42 Å². The topological polar surface area (TPSA) is 65.6 Å². The summed E-state index contributed by atoms with van der Waals surface area (Å²) in [5.41, 5.74) is 6.65. The number of aromatic nitrogens is 1. The Bertz CT molecular complexity index is 427. The van der Waals surface area contributed by atoms with Crippen molar-refractivity contribution in [1.82, 2.24) is 9.88 Å². The van der Waals surface area contributed by atoms with Crippen molar-refractivity contribution in [3.8, 4) is 0 Å². The predicted octanol–water partition coefficient (Wildman–Crippen LogP) is 0.928. The summed E-state index contributed by atoms with van der Waals surface area (Å²) in [6.07, 6.45) is 2.19. The zero-order valence-electron chi connectivity index (χ0n) is 10.7. The third-order valence-corrected chi connectivity index (χ3v) is 3.54. The first-order valence-corrected chi connectivity index (χ1v) is 6.77. The van der Waals surface area contributed by atoms with Gasteiger partial charge in [0.1, 0.15) is 0 Å². The maximum Gasteiger partial charge on any atom is 0.152 e. The van der Waals surface area contributed by atoms with Gasteiger partial charge in [0, 0.05) is 29.8 Å². The average molecular weight is 315 g/mol.